The summed E-state index contributed by atoms with van der Waals surface area (Å²) in [6.45, 7) is 4.21. The van der Waals surface area contributed by atoms with E-state index < -0.39 is 11.6 Å². The number of fused-ring (bicyclic) bond motifs is 7. The summed E-state index contributed by atoms with van der Waals surface area (Å²) in [6.07, 6.45) is 6.19. The zero-order valence-corrected chi connectivity index (χ0v) is 26.3. The average molecular weight is 645 g/mol. The quantitative estimate of drug-likeness (QED) is 0.278. The van der Waals surface area contributed by atoms with Gasteiger partial charge in [0.2, 0.25) is 5.88 Å². The van der Waals surface area contributed by atoms with Gasteiger partial charge in [-0.2, -0.15) is 9.97 Å². The van der Waals surface area contributed by atoms with Crippen LogP contribution in [0, 0.1) is 11.6 Å². The Morgan fingerprint density at radius 2 is 2.00 bits per heavy atom. The van der Waals surface area contributed by atoms with Crippen LogP contribution in [0.5, 0.6) is 17.6 Å². The van der Waals surface area contributed by atoms with Crippen LogP contribution in [0.3, 0.4) is 0 Å². The normalized spacial score (nSPS) is 28.0. The van der Waals surface area contributed by atoms with Crippen LogP contribution in [-0.2, 0) is 6.42 Å². The second-order valence-electron chi connectivity index (χ2n) is 13.9. The van der Waals surface area contributed by atoms with Gasteiger partial charge in [-0.25, -0.2) is 13.8 Å². The highest BCUT2D eigenvalue weighted by Gasteiger charge is 2.50. The van der Waals surface area contributed by atoms with Crippen LogP contribution < -0.4 is 19.7 Å². The van der Waals surface area contributed by atoms with Crippen molar-refractivity contribution in [2.24, 2.45) is 0 Å². The molecule has 246 valence electrons. The Morgan fingerprint density at radius 3 is 2.85 bits per heavy atom. The monoisotopic (exact) mass is 644 g/mol. The van der Waals surface area contributed by atoms with Gasteiger partial charge in [0.15, 0.2) is 5.82 Å². The molecule has 4 saturated heterocycles. The number of nitrogens with one attached hydrogen (secondary N) is 1. The van der Waals surface area contributed by atoms with E-state index >= 15 is 8.78 Å². The molecule has 0 unspecified atom stereocenters. The minimum atomic E-state index is -0.711. The third-order valence-corrected chi connectivity index (χ3v) is 11.4. The lowest BCUT2D eigenvalue weighted by molar-refractivity contribution is 0.0644. The first-order valence-electron chi connectivity index (χ1n) is 16.9. The minimum Gasteiger partial charge on any atom is -0.508 e. The molecule has 2 bridgehead atoms. The van der Waals surface area contributed by atoms with Gasteiger partial charge >= 0.3 is 6.01 Å². The fourth-order valence-corrected chi connectivity index (χ4v) is 9.20. The van der Waals surface area contributed by atoms with Crippen LogP contribution in [0.2, 0.25) is 0 Å². The number of hydrogen-bond acceptors (Lipinski definition) is 10. The van der Waals surface area contributed by atoms with Crippen LogP contribution in [0.15, 0.2) is 24.3 Å². The van der Waals surface area contributed by atoms with Crippen molar-refractivity contribution < 1.29 is 28.5 Å². The number of ether oxygens (including phenoxy) is 2. The molecule has 0 spiro atoms. The molecule has 2 aromatic carbocycles. The number of pyridine rings is 1. The van der Waals surface area contributed by atoms with Crippen LogP contribution in [0.1, 0.15) is 51.0 Å². The Morgan fingerprint density at radius 1 is 1.11 bits per heavy atom. The SMILES string of the molecule is CCc1c(F)ccc2cc(O)cc(-c3nc4c5c(nc(OC[C@]67CCCN6[C@@H](CO)CC7)nc5c3F)N3C[C@H]5CC[C@H](N5)[C@H]3CO4)c12. The molecule has 3 N–H and O–H groups in total. The molecule has 0 amide bonds. The fraction of sp³-hybridized carbons (Fsp3) is 0.514. The van der Waals surface area contributed by atoms with E-state index in [9.17, 15) is 10.2 Å². The van der Waals surface area contributed by atoms with Crippen molar-refractivity contribution in [1.29, 1.82) is 0 Å². The molecule has 10 nitrogen and oxygen atoms in total. The van der Waals surface area contributed by atoms with E-state index in [-0.39, 0.29) is 70.7 Å². The number of phenolic OH excluding ortho intramolecular Hbond substituents is 1. The van der Waals surface area contributed by atoms with Crippen molar-refractivity contribution in [3.63, 3.8) is 0 Å². The molecule has 5 atom stereocenters. The third kappa shape index (κ3) is 4.40. The molecule has 47 heavy (non-hydrogen) atoms. The zero-order chi connectivity index (χ0) is 32.0. The van der Waals surface area contributed by atoms with E-state index in [1.807, 2.05) is 6.92 Å². The summed E-state index contributed by atoms with van der Waals surface area (Å²) in [4.78, 5) is 19.0. The number of aromatic nitrogens is 3. The molecular weight excluding hydrogens is 606 g/mol. The molecule has 5 aliphatic rings. The molecule has 9 rings (SSSR count). The number of anilines is 1. The molecule has 5 aliphatic heterocycles. The first-order valence-corrected chi connectivity index (χ1v) is 16.9. The van der Waals surface area contributed by atoms with Gasteiger partial charge in [-0.05, 0) is 86.0 Å². The number of aliphatic hydroxyl groups excluding tert-OH is 1. The largest absolute Gasteiger partial charge is 0.508 e. The van der Waals surface area contributed by atoms with Gasteiger partial charge in [0.1, 0.15) is 47.2 Å². The van der Waals surface area contributed by atoms with Crippen LogP contribution in [-0.4, -0.2) is 92.7 Å². The molecule has 7 heterocycles. The maximum Gasteiger partial charge on any atom is 0.319 e. The number of nitrogens with zero attached hydrogens (tertiary/aromatic N) is 5. The standard InChI is InChI=1S/C35H38F2N6O4/c1-2-22-24(36)6-4-18-12-21(45)13-23(27(18)22)30-29(37)31-28-32(42-14-19-5-7-25(38-19)26(42)16-46-33(28)39-30)41-34(40-31)47-17-35-9-3-11-43(35)20(15-44)8-10-35/h4,6,12-13,19-20,25-26,38,44-45H,2-3,5,7-11,14-17H2,1H3/t19-,20-,25+,26-,35-/m1/s1. The molecule has 4 fully saturated rings. The topological polar surface area (TPSA) is 116 Å². The number of piperazine rings is 1. The Kier molecular flexibility index (Phi) is 6.75. The number of aryl methyl sites for hydroxylation is 1. The summed E-state index contributed by atoms with van der Waals surface area (Å²) >= 11 is 0. The second kappa shape index (κ2) is 10.8. The highest BCUT2D eigenvalue weighted by Crippen LogP contribution is 2.46. The van der Waals surface area contributed by atoms with Gasteiger partial charge in [-0.1, -0.05) is 13.0 Å². The molecule has 2 aromatic heterocycles. The molecule has 0 saturated carbocycles. The Balaban J connectivity index is 1.23. The van der Waals surface area contributed by atoms with Crippen molar-refractivity contribution in [3.8, 4) is 28.9 Å². The fourth-order valence-electron chi connectivity index (χ4n) is 9.20. The van der Waals surface area contributed by atoms with Gasteiger partial charge in [0, 0.05) is 30.2 Å². The van der Waals surface area contributed by atoms with Crippen LogP contribution >= 0.6 is 0 Å². The molecule has 0 radical (unpaired) electrons. The summed E-state index contributed by atoms with van der Waals surface area (Å²) < 4.78 is 45.1. The summed E-state index contributed by atoms with van der Waals surface area (Å²) in [5.74, 6) is -0.453. The van der Waals surface area contributed by atoms with Gasteiger partial charge < -0.3 is 29.9 Å². The van der Waals surface area contributed by atoms with Crippen molar-refractivity contribution >= 4 is 27.5 Å². The van der Waals surface area contributed by atoms with Crippen molar-refractivity contribution in [1.82, 2.24) is 25.2 Å². The number of hydrogen-bond donors (Lipinski definition) is 3. The molecular formula is C35H38F2N6O4. The molecule has 4 aromatic rings. The van der Waals surface area contributed by atoms with E-state index in [1.165, 1.54) is 12.1 Å². The Labute approximate surface area is 270 Å². The lowest BCUT2D eigenvalue weighted by atomic mass is 9.94. The Bertz CT molecular complexity index is 1930. The highest BCUT2D eigenvalue weighted by atomic mass is 19.1. The number of phenols is 1. The van der Waals surface area contributed by atoms with Gasteiger partial charge in [-0.15, -0.1) is 0 Å². The lowest BCUT2D eigenvalue weighted by Gasteiger charge is -2.40. The first kappa shape index (κ1) is 29.3. The van der Waals surface area contributed by atoms with Crippen molar-refractivity contribution in [3.05, 3.63) is 41.5 Å². The second-order valence-corrected chi connectivity index (χ2v) is 13.9. The van der Waals surface area contributed by atoms with Crippen molar-refractivity contribution in [2.45, 2.75) is 81.6 Å². The number of rotatable bonds is 6. The first-order chi connectivity index (χ1) is 22.9. The predicted octanol–water partition coefficient (Wildman–Crippen LogP) is 4.46. The smallest absolute Gasteiger partial charge is 0.319 e. The Hall–Kier alpha value is -3.87. The van der Waals surface area contributed by atoms with Gasteiger partial charge in [-0.3, -0.25) is 4.90 Å². The summed E-state index contributed by atoms with van der Waals surface area (Å²) in [7, 11) is 0. The summed E-state index contributed by atoms with van der Waals surface area (Å²) in [5.41, 5.74) is 0.403. The van der Waals surface area contributed by atoms with Crippen LogP contribution in [0.25, 0.3) is 32.9 Å². The van der Waals surface area contributed by atoms with Crippen molar-refractivity contribution in [2.75, 3.05) is 37.8 Å². The lowest BCUT2D eigenvalue weighted by Crippen LogP contribution is -2.60. The predicted molar refractivity (Wildman–Crippen MR) is 172 cm³/mol. The maximum atomic E-state index is 17.1. The number of benzene rings is 2. The third-order valence-electron chi connectivity index (χ3n) is 11.4. The summed E-state index contributed by atoms with van der Waals surface area (Å²) in [5, 5.41) is 25.8. The van der Waals surface area contributed by atoms with E-state index in [2.05, 4.69) is 15.1 Å². The van der Waals surface area contributed by atoms with Gasteiger partial charge in [0.25, 0.3) is 0 Å². The number of halogens is 2. The van der Waals surface area contributed by atoms with E-state index in [0.29, 0.717) is 53.7 Å². The number of aliphatic hydroxyl groups is 1. The molecule has 0 aliphatic carbocycles. The van der Waals surface area contributed by atoms with Crippen LogP contribution in [0.4, 0.5) is 14.6 Å². The zero-order valence-electron chi connectivity index (χ0n) is 26.3. The minimum absolute atomic E-state index is 0.0166. The van der Waals surface area contributed by atoms with E-state index in [1.54, 1.807) is 12.1 Å². The average Bonchev–Trinajstić information content (AvgIpc) is 3.74. The summed E-state index contributed by atoms with van der Waals surface area (Å²) in [6, 6.07) is 6.54. The van der Waals surface area contributed by atoms with Gasteiger partial charge in [0.05, 0.1) is 18.2 Å². The highest BCUT2D eigenvalue weighted by molar-refractivity contribution is 6.03. The van der Waals surface area contributed by atoms with E-state index in [0.717, 1.165) is 45.1 Å². The molecule has 12 heteroatoms. The van der Waals surface area contributed by atoms with E-state index in [4.69, 9.17) is 24.4 Å². The maximum absolute atomic E-state index is 17.1. The number of aromatic hydroxyl groups is 1.